The monoisotopic (exact) mass is 317 g/mol. The number of likely N-dealkylation sites (tertiary alicyclic amines) is 1. The first-order valence-corrected chi connectivity index (χ1v) is 8.01. The van der Waals surface area contributed by atoms with Crippen molar-refractivity contribution in [2.24, 2.45) is 5.41 Å². The Kier molecular flexibility index (Phi) is 5.38. The van der Waals surface area contributed by atoms with Gasteiger partial charge in [-0.25, -0.2) is 4.39 Å². The Balaban J connectivity index is 1.97. The minimum Gasteiger partial charge on any atom is -0.352 e. The zero-order valence-corrected chi connectivity index (χ0v) is 14.0. The van der Waals surface area contributed by atoms with Crippen LogP contribution in [0.1, 0.15) is 44.7 Å². The molecule has 0 radical (unpaired) electrons. The Labute approximate surface area is 137 Å². The van der Waals surface area contributed by atoms with Crippen LogP contribution in [0.2, 0.25) is 0 Å². The van der Waals surface area contributed by atoms with Crippen molar-refractivity contribution in [1.82, 2.24) is 10.2 Å². The lowest BCUT2D eigenvalue weighted by Gasteiger charge is -2.34. The van der Waals surface area contributed by atoms with Crippen LogP contribution in [0, 0.1) is 22.6 Å². The van der Waals surface area contributed by atoms with Gasteiger partial charge in [-0.05, 0) is 31.5 Å². The number of rotatable bonds is 3. The molecule has 23 heavy (non-hydrogen) atoms. The quantitative estimate of drug-likeness (QED) is 0.932. The van der Waals surface area contributed by atoms with Crippen LogP contribution in [0.15, 0.2) is 18.2 Å². The van der Waals surface area contributed by atoms with E-state index in [1.807, 2.05) is 26.8 Å². The van der Waals surface area contributed by atoms with Crippen LogP contribution in [0.4, 0.5) is 4.39 Å². The lowest BCUT2D eigenvalue weighted by molar-refractivity contribution is -0.129. The molecule has 1 amide bonds. The van der Waals surface area contributed by atoms with Gasteiger partial charge in [-0.1, -0.05) is 26.8 Å². The number of nitrogens with zero attached hydrogens (tertiary/aromatic N) is 2. The fraction of sp³-hybridized carbons (Fsp3) is 0.556. The molecule has 0 aromatic heterocycles. The number of halogens is 1. The molecule has 1 aromatic carbocycles. The van der Waals surface area contributed by atoms with E-state index in [1.54, 1.807) is 12.1 Å². The van der Waals surface area contributed by atoms with Crippen molar-refractivity contribution < 1.29 is 9.18 Å². The first-order chi connectivity index (χ1) is 10.8. The summed E-state index contributed by atoms with van der Waals surface area (Å²) in [7, 11) is 0. The molecule has 0 bridgehead atoms. The number of carbonyl (C=O) groups excluding carboxylic acids is 1. The second kappa shape index (κ2) is 7.10. The molecule has 5 heteroatoms. The number of nitriles is 1. The normalized spacial score (nSPS) is 19.2. The standard InChI is InChI=1S/C18H24FN3O/c1-18(2,3)17(23)21-15-5-4-8-22(12-15)11-14-7-6-13(10-20)9-16(14)19/h6-7,9,15H,4-5,8,11-12H2,1-3H3,(H,21,23). The van der Waals surface area contributed by atoms with Crippen molar-refractivity contribution >= 4 is 5.91 Å². The summed E-state index contributed by atoms with van der Waals surface area (Å²) in [4.78, 5) is 14.3. The van der Waals surface area contributed by atoms with Crippen molar-refractivity contribution in [3.63, 3.8) is 0 Å². The van der Waals surface area contributed by atoms with Gasteiger partial charge in [-0.3, -0.25) is 9.69 Å². The number of piperidine rings is 1. The van der Waals surface area contributed by atoms with Gasteiger partial charge < -0.3 is 5.32 Å². The van der Waals surface area contributed by atoms with E-state index in [-0.39, 0.29) is 17.8 Å². The van der Waals surface area contributed by atoms with Crippen molar-refractivity contribution in [3.8, 4) is 6.07 Å². The van der Waals surface area contributed by atoms with Crippen LogP contribution in [-0.2, 0) is 11.3 Å². The minimum atomic E-state index is -0.401. The van der Waals surface area contributed by atoms with Crippen molar-refractivity contribution in [1.29, 1.82) is 5.26 Å². The predicted molar refractivity (Wildman–Crippen MR) is 87.0 cm³/mol. The van der Waals surface area contributed by atoms with Gasteiger partial charge in [0.05, 0.1) is 11.6 Å². The van der Waals surface area contributed by atoms with Gasteiger partial charge in [0.2, 0.25) is 5.91 Å². The third kappa shape index (κ3) is 4.77. The summed E-state index contributed by atoms with van der Waals surface area (Å²) in [5, 5.41) is 11.9. The molecular weight excluding hydrogens is 293 g/mol. The Hall–Kier alpha value is -1.93. The molecule has 4 nitrogen and oxygen atoms in total. The molecule has 0 saturated carbocycles. The summed E-state index contributed by atoms with van der Waals surface area (Å²) in [6.07, 6.45) is 1.93. The van der Waals surface area contributed by atoms with Crippen LogP contribution >= 0.6 is 0 Å². The van der Waals surface area contributed by atoms with Gasteiger partial charge in [0.1, 0.15) is 5.82 Å². The molecule has 1 N–H and O–H groups in total. The van der Waals surface area contributed by atoms with Gasteiger partial charge >= 0.3 is 0 Å². The first-order valence-electron chi connectivity index (χ1n) is 8.01. The van der Waals surface area contributed by atoms with Gasteiger partial charge in [-0.2, -0.15) is 5.26 Å². The molecule has 1 aromatic rings. The van der Waals surface area contributed by atoms with E-state index < -0.39 is 5.41 Å². The van der Waals surface area contributed by atoms with E-state index in [4.69, 9.17) is 5.26 Å². The number of carbonyl (C=O) groups is 1. The number of hydrogen-bond acceptors (Lipinski definition) is 3. The maximum Gasteiger partial charge on any atom is 0.225 e. The molecular formula is C18H24FN3O. The molecule has 1 saturated heterocycles. The molecule has 1 fully saturated rings. The van der Waals surface area contributed by atoms with E-state index in [1.165, 1.54) is 6.07 Å². The molecule has 1 heterocycles. The lowest BCUT2D eigenvalue weighted by Crippen LogP contribution is -2.50. The fourth-order valence-corrected chi connectivity index (χ4v) is 2.70. The van der Waals surface area contributed by atoms with Crippen LogP contribution in [0.25, 0.3) is 0 Å². The largest absolute Gasteiger partial charge is 0.352 e. The number of benzene rings is 1. The minimum absolute atomic E-state index is 0.0499. The topological polar surface area (TPSA) is 56.1 Å². The second-order valence-corrected chi connectivity index (χ2v) is 7.22. The summed E-state index contributed by atoms with van der Waals surface area (Å²) in [5.41, 5.74) is 0.522. The zero-order chi connectivity index (χ0) is 17.0. The van der Waals surface area contributed by atoms with E-state index in [0.29, 0.717) is 17.7 Å². The number of nitrogens with one attached hydrogen (secondary N) is 1. The SMILES string of the molecule is CC(C)(C)C(=O)NC1CCCN(Cc2ccc(C#N)cc2F)C1. The fourth-order valence-electron chi connectivity index (χ4n) is 2.70. The highest BCUT2D eigenvalue weighted by molar-refractivity contribution is 5.81. The smallest absolute Gasteiger partial charge is 0.225 e. The average Bonchev–Trinajstić information content (AvgIpc) is 2.48. The van der Waals surface area contributed by atoms with E-state index in [2.05, 4.69) is 10.2 Å². The maximum atomic E-state index is 14.0. The first kappa shape index (κ1) is 17.4. The molecule has 1 aliphatic rings. The number of amides is 1. The molecule has 2 rings (SSSR count). The van der Waals surface area contributed by atoms with Crippen LogP contribution in [0.3, 0.4) is 0 Å². The molecule has 1 atom stereocenters. The Morgan fingerprint density at radius 1 is 1.48 bits per heavy atom. The highest BCUT2D eigenvalue weighted by atomic mass is 19.1. The van der Waals surface area contributed by atoms with Gasteiger partial charge in [-0.15, -0.1) is 0 Å². The highest BCUT2D eigenvalue weighted by Crippen LogP contribution is 2.19. The Bertz CT molecular complexity index is 616. The number of hydrogen-bond donors (Lipinski definition) is 1. The Morgan fingerprint density at radius 3 is 2.83 bits per heavy atom. The van der Waals surface area contributed by atoms with E-state index >= 15 is 0 Å². The lowest BCUT2D eigenvalue weighted by atomic mass is 9.94. The average molecular weight is 317 g/mol. The summed E-state index contributed by atoms with van der Waals surface area (Å²) < 4.78 is 14.0. The van der Waals surface area contributed by atoms with Crippen molar-refractivity contribution in [2.75, 3.05) is 13.1 Å². The zero-order valence-electron chi connectivity index (χ0n) is 14.0. The Morgan fingerprint density at radius 2 is 2.22 bits per heavy atom. The summed E-state index contributed by atoms with van der Waals surface area (Å²) in [6, 6.07) is 6.64. The van der Waals surface area contributed by atoms with Crippen molar-refractivity contribution in [2.45, 2.75) is 46.2 Å². The second-order valence-electron chi connectivity index (χ2n) is 7.22. The van der Waals surface area contributed by atoms with Gasteiger partial charge in [0.15, 0.2) is 0 Å². The predicted octanol–water partition coefficient (Wildman–Crippen LogP) is 2.82. The molecule has 1 aliphatic heterocycles. The maximum absolute atomic E-state index is 14.0. The van der Waals surface area contributed by atoms with Crippen LogP contribution in [-0.4, -0.2) is 29.9 Å². The molecule has 124 valence electrons. The van der Waals surface area contributed by atoms with Crippen LogP contribution in [0.5, 0.6) is 0 Å². The summed E-state index contributed by atoms with van der Waals surface area (Å²) >= 11 is 0. The summed E-state index contributed by atoms with van der Waals surface area (Å²) in [6.45, 7) is 7.81. The summed E-state index contributed by atoms with van der Waals surface area (Å²) in [5.74, 6) is -0.293. The highest BCUT2D eigenvalue weighted by Gasteiger charge is 2.27. The van der Waals surface area contributed by atoms with Crippen LogP contribution < -0.4 is 5.32 Å². The van der Waals surface area contributed by atoms with Gasteiger partial charge in [0, 0.05) is 30.1 Å². The van der Waals surface area contributed by atoms with E-state index in [9.17, 15) is 9.18 Å². The van der Waals surface area contributed by atoms with Gasteiger partial charge in [0.25, 0.3) is 0 Å². The third-order valence-corrected chi connectivity index (χ3v) is 4.10. The third-order valence-electron chi connectivity index (χ3n) is 4.10. The van der Waals surface area contributed by atoms with E-state index in [0.717, 1.165) is 25.9 Å². The van der Waals surface area contributed by atoms with Crippen molar-refractivity contribution in [3.05, 3.63) is 35.1 Å². The molecule has 0 aliphatic carbocycles. The molecule has 1 unspecified atom stereocenters. The molecule has 0 spiro atoms.